The van der Waals surface area contributed by atoms with E-state index in [4.69, 9.17) is 0 Å². The summed E-state index contributed by atoms with van der Waals surface area (Å²) in [4.78, 5) is 2.27. The molecule has 0 amide bonds. The van der Waals surface area contributed by atoms with Crippen molar-refractivity contribution in [2.45, 2.75) is 38.6 Å². The smallest absolute Gasteiger partial charge is 0.120 e. The molecule has 0 fully saturated rings. The number of allylic oxidation sites excluding steroid dienone is 2. The highest BCUT2D eigenvalue weighted by atomic mass is 15.2. The first-order chi connectivity index (χ1) is 15.2. The van der Waals surface area contributed by atoms with E-state index in [2.05, 4.69) is 129 Å². The minimum Gasteiger partial charge on any atom is -0.336 e. The predicted octanol–water partition coefficient (Wildman–Crippen LogP) is 8.07. The Balaban J connectivity index is 2.36. The van der Waals surface area contributed by atoms with Gasteiger partial charge < -0.3 is 4.90 Å². The monoisotopic (exact) mass is 407 g/mol. The van der Waals surface area contributed by atoms with Crippen molar-refractivity contribution in [3.63, 3.8) is 0 Å². The van der Waals surface area contributed by atoms with Gasteiger partial charge in [-0.1, -0.05) is 130 Å². The van der Waals surface area contributed by atoms with Crippen molar-refractivity contribution < 1.29 is 0 Å². The van der Waals surface area contributed by atoms with Crippen molar-refractivity contribution in [2.75, 3.05) is 0 Å². The highest BCUT2D eigenvalue weighted by molar-refractivity contribution is 5.51. The molecule has 0 unspecified atom stereocenters. The average molecular weight is 408 g/mol. The summed E-state index contributed by atoms with van der Waals surface area (Å²) in [6, 6.07) is 32.1. The van der Waals surface area contributed by atoms with E-state index in [1.807, 2.05) is 6.20 Å². The van der Waals surface area contributed by atoms with Gasteiger partial charge in [0.2, 0.25) is 0 Å². The van der Waals surface area contributed by atoms with Gasteiger partial charge >= 0.3 is 0 Å². The molecule has 0 aliphatic heterocycles. The molecule has 0 N–H and O–H groups in total. The Hall–Kier alpha value is -3.32. The van der Waals surface area contributed by atoms with Crippen LogP contribution in [0.2, 0.25) is 0 Å². The fourth-order valence-corrected chi connectivity index (χ4v) is 4.33. The van der Waals surface area contributed by atoms with E-state index >= 15 is 0 Å². The molecule has 0 aliphatic rings. The summed E-state index contributed by atoms with van der Waals surface area (Å²) < 4.78 is 0. The maximum Gasteiger partial charge on any atom is 0.120 e. The zero-order chi connectivity index (χ0) is 22.1. The molecular formula is C30H33N. The standard InChI is InChI=1S/C30H33N/c1-5-17-25(4)26(6-2)24-31(7-3)30(27-18-11-8-12-19-27,28-20-13-9-14-21-28)29-22-15-10-16-23-29/h7-16,18-24H,3-6,17H2,1-2H3/b26-24+. The quantitative estimate of drug-likeness (QED) is 0.242. The molecule has 0 bridgehead atoms. The molecule has 158 valence electrons. The largest absolute Gasteiger partial charge is 0.336 e. The van der Waals surface area contributed by atoms with E-state index in [9.17, 15) is 0 Å². The molecule has 0 aromatic heterocycles. The number of benzene rings is 3. The highest BCUT2D eigenvalue weighted by Crippen LogP contribution is 2.43. The second kappa shape index (κ2) is 10.6. The van der Waals surface area contributed by atoms with Crippen molar-refractivity contribution in [1.29, 1.82) is 0 Å². The summed E-state index contributed by atoms with van der Waals surface area (Å²) in [7, 11) is 0. The van der Waals surface area contributed by atoms with Gasteiger partial charge in [-0.05, 0) is 41.3 Å². The zero-order valence-corrected chi connectivity index (χ0v) is 18.8. The number of hydrogen-bond acceptors (Lipinski definition) is 1. The van der Waals surface area contributed by atoms with Crippen molar-refractivity contribution in [3.05, 3.63) is 144 Å². The SMILES string of the molecule is C=CN(/C=C(\CC)C(=C)CCC)C(c1ccccc1)(c1ccccc1)c1ccccc1. The van der Waals surface area contributed by atoms with Crippen molar-refractivity contribution in [3.8, 4) is 0 Å². The van der Waals surface area contributed by atoms with E-state index < -0.39 is 5.54 Å². The van der Waals surface area contributed by atoms with Crippen molar-refractivity contribution in [2.24, 2.45) is 0 Å². The summed E-state index contributed by atoms with van der Waals surface area (Å²) >= 11 is 0. The molecule has 3 aromatic rings. The molecular weight excluding hydrogens is 374 g/mol. The number of hydrogen-bond donors (Lipinski definition) is 0. The summed E-state index contributed by atoms with van der Waals surface area (Å²) in [5, 5.41) is 0. The average Bonchev–Trinajstić information content (AvgIpc) is 2.83. The molecule has 3 aromatic carbocycles. The van der Waals surface area contributed by atoms with Crippen LogP contribution in [0.4, 0.5) is 0 Å². The zero-order valence-electron chi connectivity index (χ0n) is 18.8. The van der Waals surface area contributed by atoms with Crippen LogP contribution in [0.5, 0.6) is 0 Å². The first-order valence-electron chi connectivity index (χ1n) is 11.1. The highest BCUT2D eigenvalue weighted by Gasteiger charge is 2.40. The van der Waals surface area contributed by atoms with E-state index in [0.717, 1.165) is 19.3 Å². The lowest BCUT2D eigenvalue weighted by atomic mass is 9.75. The Morgan fingerprint density at radius 3 is 1.52 bits per heavy atom. The van der Waals surface area contributed by atoms with Crippen LogP contribution in [0.1, 0.15) is 49.8 Å². The van der Waals surface area contributed by atoms with Crippen molar-refractivity contribution >= 4 is 0 Å². The van der Waals surface area contributed by atoms with Crippen LogP contribution in [0, 0.1) is 0 Å². The van der Waals surface area contributed by atoms with Gasteiger partial charge in [-0.15, -0.1) is 0 Å². The van der Waals surface area contributed by atoms with Gasteiger partial charge in [0.1, 0.15) is 5.54 Å². The Kier molecular flexibility index (Phi) is 7.67. The molecule has 0 spiro atoms. The summed E-state index contributed by atoms with van der Waals surface area (Å²) in [6.07, 6.45) is 7.21. The van der Waals surface area contributed by atoms with Gasteiger partial charge in [0, 0.05) is 6.20 Å². The van der Waals surface area contributed by atoms with E-state index in [1.165, 1.54) is 27.8 Å². The Morgan fingerprint density at radius 2 is 1.19 bits per heavy atom. The van der Waals surface area contributed by atoms with Crippen LogP contribution in [-0.2, 0) is 5.54 Å². The second-order valence-corrected chi connectivity index (χ2v) is 7.76. The molecule has 1 nitrogen and oxygen atoms in total. The van der Waals surface area contributed by atoms with Crippen LogP contribution in [-0.4, -0.2) is 4.90 Å². The van der Waals surface area contributed by atoms with Gasteiger partial charge in [0.25, 0.3) is 0 Å². The van der Waals surface area contributed by atoms with Gasteiger partial charge in [-0.3, -0.25) is 0 Å². The summed E-state index contributed by atoms with van der Waals surface area (Å²) in [5.41, 5.74) is 5.49. The first kappa shape index (κ1) is 22.4. The van der Waals surface area contributed by atoms with Gasteiger partial charge in [-0.2, -0.15) is 0 Å². The second-order valence-electron chi connectivity index (χ2n) is 7.76. The molecule has 3 rings (SSSR count). The summed E-state index contributed by atoms with van der Waals surface area (Å²) in [6.45, 7) is 13.0. The lowest BCUT2D eigenvalue weighted by molar-refractivity contribution is 0.313. The fourth-order valence-electron chi connectivity index (χ4n) is 4.33. The van der Waals surface area contributed by atoms with E-state index in [0.29, 0.717) is 0 Å². The van der Waals surface area contributed by atoms with Crippen LogP contribution >= 0.6 is 0 Å². The van der Waals surface area contributed by atoms with E-state index in [-0.39, 0.29) is 0 Å². The normalized spacial score (nSPS) is 11.7. The maximum atomic E-state index is 4.37. The van der Waals surface area contributed by atoms with Crippen LogP contribution in [0.3, 0.4) is 0 Å². The van der Waals surface area contributed by atoms with Crippen LogP contribution < -0.4 is 0 Å². The minimum atomic E-state index is -0.543. The molecule has 0 aliphatic carbocycles. The topological polar surface area (TPSA) is 3.24 Å². The molecule has 0 radical (unpaired) electrons. The van der Waals surface area contributed by atoms with Crippen molar-refractivity contribution in [1.82, 2.24) is 4.90 Å². The molecule has 0 saturated carbocycles. The maximum absolute atomic E-state index is 4.37. The third-order valence-electron chi connectivity index (χ3n) is 5.84. The number of nitrogens with zero attached hydrogens (tertiary/aromatic N) is 1. The fraction of sp³-hybridized carbons (Fsp3) is 0.200. The molecule has 31 heavy (non-hydrogen) atoms. The molecule has 0 atom stereocenters. The third kappa shape index (κ3) is 4.56. The Bertz CT molecular complexity index is 903. The summed E-state index contributed by atoms with van der Waals surface area (Å²) in [5.74, 6) is 0. The van der Waals surface area contributed by atoms with E-state index in [1.54, 1.807) is 0 Å². The predicted molar refractivity (Wildman–Crippen MR) is 134 cm³/mol. The Morgan fingerprint density at radius 1 is 0.774 bits per heavy atom. The van der Waals surface area contributed by atoms with Gasteiger partial charge in [-0.25, -0.2) is 0 Å². The molecule has 0 heterocycles. The van der Waals surface area contributed by atoms with Gasteiger partial charge in [0.15, 0.2) is 0 Å². The van der Waals surface area contributed by atoms with Crippen LogP contribution in [0.15, 0.2) is 128 Å². The first-order valence-corrected chi connectivity index (χ1v) is 11.1. The molecule has 1 heteroatoms. The lowest BCUT2D eigenvalue weighted by Crippen LogP contribution is -2.42. The lowest BCUT2D eigenvalue weighted by Gasteiger charge is -2.44. The number of rotatable bonds is 10. The van der Waals surface area contributed by atoms with Crippen LogP contribution in [0.25, 0.3) is 0 Å². The van der Waals surface area contributed by atoms with Gasteiger partial charge in [0.05, 0.1) is 0 Å². The third-order valence-corrected chi connectivity index (χ3v) is 5.84. The molecule has 0 saturated heterocycles. The Labute approximate surface area is 188 Å². The minimum absolute atomic E-state index is 0.543.